The van der Waals surface area contributed by atoms with E-state index < -0.39 is 0 Å². The maximum atomic E-state index is 12.0. The predicted octanol–water partition coefficient (Wildman–Crippen LogP) is 2.44. The van der Waals surface area contributed by atoms with E-state index in [0.29, 0.717) is 12.0 Å². The Balaban J connectivity index is 2.41. The Kier molecular flexibility index (Phi) is 5.96. The lowest BCUT2D eigenvalue weighted by molar-refractivity contribution is -0.125. The number of hydrogen-bond acceptors (Lipinski definition) is 2. The van der Waals surface area contributed by atoms with Crippen LogP contribution in [0.5, 0.6) is 0 Å². The van der Waals surface area contributed by atoms with E-state index in [2.05, 4.69) is 12.2 Å². The molecule has 0 spiro atoms. The molecule has 1 amide bonds. The van der Waals surface area contributed by atoms with Gasteiger partial charge in [0.15, 0.2) is 0 Å². The van der Waals surface area contributed by atoms with Gasteiger partial charge in [-0.15, -0.1) is 0 Å². The Hall–Kier alpha value is -0.570. The van der Waals surface area contributed by atoms with Crippen LogP contribution in [-0.4, -0.2) is 18.0 Å². The summed E-state index contributed by atoms with van der Waals surface area (Å²) < 4.78 is 0. The van der Waals surface area contributed by atoms with Crippen LogP contribution in [0.25, 0.3) is 0 Å². The van der Waals surface area contributed by atoms with Crippen LogP contribution in [0, 0.1) is 11.8 Å². The third-order valence-corrected chi connectivity index (χ3v) is 4.12. The van der Waals surface area contributed by atoms with Gasteiger partial charge in [-0.25, -0.2) is 0 Å². The van der Waals surface area contributed by atoms with Crippen molar-refractivity contribution in [3.8, 4) is 0 Å². The standard InChI is InChI=1S/C14H28N2O/c1-4-5-7-12-8-6-9-13(12)16-14(17)10(2)11(3)15/h10-13H,4-9,15H2,1-3H3,(H,16,17). The highest BCUT2D eigenvalue weighted by Gasteiger charge is 2.29. The molecule has 1 aliphatic carbocycles. The molecule has 0 radical (unpaired) electrons. The van der Waals surface area contributed by atoms with Gasteiger partial charge in [0.2, 0.25) is 5.91 Å². The summed E-state index contributed by atoms with van der Waals surface area (Å²) in [7, 11) is 0. The predicted molar refractivity (Wildman–Crippen MR) is 71.6 cm³/mol. The minimum atomic E-state index is -0.0811. The molecule has 0 bridgehead atoms. The number of nitrogens with one attached hydrogen (secondary N) is 1. The number of rotatable bonds is 6. The van der Waals surface area contributed by atoms with Crippen molar-refractivity contribution in [2.75, 3.05) is 0 Å². The molecular formula is C14H28N2O. The Bertz CT molecular complexity index is 240. The molecule has 3 heteroatoms. The molecule has 100 valence electrons. The van der Waals surface area contributed by atoms with Crippen LogP contribution in [0.3, 0.4) is 0 Å². The molecule has 4 unspecified atom stereocenters. The minimum Gasteiger partial charge on any atom is -0.353 e. The van der Waals surface area contributed by atoms with Crippen molar-refractivity contribution >= 4 is 5.91 Å². The number of carbonyl (C=O) groups is 1. The van der Waals surface area contributed by atoms with Crippen molar-refractivity contribution in [3.63, 3.8) is 0 Å². The zero-order valence-corrected chi connectivity index (χ0v) is 11.5. The molecule has 1 aliphatic rings. The summed E-state index contributed by atoms with van der Waals surface area (Å²) in [6.45, 7) is 6.03. The Morgan fingerprint density at radius 1 is 1.41 bits per heavy atom. The lowest BCUT2D eigenvalue weighted by atomic mass is 9.95. The minimum absolute atomic E-state index is 0.0644. The molecular weight excluding hydrogens is 212 g/mol. The lowest BCUT2D eigenvalue weighted by Crippen LogP contribution is -2.44. The van der Waals surface area contributed by atoms with Crippen LogP contribution in [0.15, 0.2) is 0 Å². The number of hydrogen-bond donors (Lipinski definition) is 2. The summed E-state index contributed by atoms with van der Waals surface area (Å²) in [5.41, 5.74) is 5.77. The summed E-state index contributed by atoms with van der Waals surface area (Å²) >= 11 is 0. The molecule has 1 saturated carbocycles. The first-order chi connectivity index (χ1) is 8.06. The molecule has 3 nitrogen and oxygen atoms in total. The normalized spacial score (nSPS) is 27.8. The van der Waals surface area contributed by atoms with Crippen LogP contribution in [0.1, 0.15) is 59.3 Å². The fourth-order valence-electron chi connectivity index (χ4n) is 2.59. The molecule has 0 heterocycles. The van der Waals surface area contributed by atoms with Crippen LogP contribution in [-0.2, 0) is 4.79 Å². The molecule has 1 rings (SSSR count). The van der Waals surface area contributed by atoms with Crippen LogP contribution >= 0.6 is 0 Å². The third kappa shape index (κ3) is 4.30. The average molecular weight is 240 g/mol. The van der Waals surface area contributed by atoms with Gasteiger partial charge in [0.05, 0.1) is 0 Å². The van der Waals surface area contributed by atoms with E-state index in [1.54, 1.807) is 0 Å². The summed E-state index contributed by atoms with van der Waals surface area (Å²) in [6.07, 6.45) is 7.45. The maximum absolute atomic E-state index is 12.0. The van der Waals surface area contributed by atoms with Crippen molar-refractivity contribution < 1.29 is 4.79 Å². The smallest absolute Gasteiger partial charge is 0.224 e. The van der Waals surface area contributed by atoms with E-state index in [1.165, 1.54) is 32.1 Å². The lowest BCUT2D eigenvalue weighted by Gasteiger charge is -2.24. The monoisotopic (exact) mass is 240 g/mol. The van der Waals surface area contributed by atoms with Gasteiger partial charge in [0.25, 0.3) is 0 Å². The first-order valence-corrected chi connectivity index (χ1v) is 7.12. The maximum Gasteiger partial charge on any atom is 0.224 e. The van der Waals surface area contributed by atoms with Gasteiger partial charge in [-0.3, -0.25) is 4.79 Å². The van der Waals surface area contributed by atoms with Crippen molar-refractivity contribution in [3.05, 3.63) is 0 Å². The molecule has 1 fully saturated rings. The SMILES string of the molecule is CCCCC1CCCC1NC(=O)C(C)C(C)N. The van der Waals surface area contributed by atoms with Crippen molar-refractivity contribution in [1.29, 1.82) is 0 Å². The zero-order chi connectivity index (χ0) is 12.8. The van der Waals surface area contributed by atoms with Crippen molar-refractivity contribution in [1.82, 2.24) is 5.32 Å². The fraction of sp³-hybridized carbons (Fsp3) is 0.929. The van der Waals surface area contributed by atoms with Gasteiger partial charge < -0.3 is 11.1 Å². The largest absolute Gasteiger partial charge is 0.353 e. The number of amides is 1. The van der Waals surface area contributed by atoms with Gasteiger partial charge in [-0.1, -0.05) is 33.1 Å². The highest BCUT2D eigenvalue weighted by molar-refractivity contribution is 5.79. The Morgan fingerprint density at radius 3 is 2.71 bits per heavy atom. The van der Waals surface area contributed by atoms with Gasteiger partial charge in [-0.2, -0.15) is 0 Å². The van der Waals surface area contributed by atoms with Crippen molar-refractivity contribution in [2.24, 2.45) is 17.6 Å². The summed E-state index contributed by atoms with van der Waals surface area (Å²) in [5.74, 6) is 0.745. The zero-order valence-electron chi connectivity index (χ0n) is 11.5. The molecule has 0 aromatic rings. The molecule has 4 atom stereocenters. The summed E-state index contributed by atoms with van der Waals surface area (Å²) in [6, 6.07) is 0.334. The second-order valence-electron chi connectivity index (χ2n) is 5.60. The van der Waals surface area contributed by atoms with E-state index in [0.717, 1.165) is 6.42 Å². The first-order valence-electron chi connectivity index (χ1n) is 7.12. The third-order valence-electron chi connectivity index (χ3n) is 4.12. The van der Waals surface area contributed by atoms with E-state index in [1.807, 2.05) is 13.8 Å². The average Bonchev–Trinajstić information content (AvgIpc) is 2.72. The van der Waals surface area contributed by atoms with Crippen LogP contribution in [0.2, 0.25) is 0 Å². The molecule has 0 aromatic heterocycles. The van der Waals surface area contributed by atoms with Gasteiger partial charge >= 0.3 is 0 Å². The van der Waals surface area contributed by atoms with Gasteiger partial charge in [-0.05, 0) is 32.1 Å². The molecule has 0 saturated heterocycles. The van der Waals surface area contributed by atoms with E-state index in [-0.39, 0.29) is 17.9 Å². The second-order valence-corrected chi connectivity index (χ2v) is 5.60. The fourth-order valence-corrected chi connectivity index (χ4v) is 2.59. The molecule has 17 heavy (non-hydrogen) atoms. The van der Waals surface area contributed by atoms with E-state index >= 15 is 0 Å². The van der Waals surface area contributed by atoms with Crippen LogP contribution < -0.4 is 11.1 Å². The summed E-state index contributed by atoms with van der Waals surface area (Å²) in [5, 5.41) is 3.20. The van der Waals surface area contributed by atoms with Gasteiger partial charge in [0, 0.05) is 18.0 Å². The first kappa shape index (κ1) is 14.5. The second kappa shape index (κ2) is 7.00. The Morgan fingerprint density at radius 2 is 2.12 bits per heavy atom. The Labute approximate surface area is 106 Å². The molecule has 3 N–H and O–H groups in total. The quantitative estimate of drug-likeness (QED) is 0.749. The highest BCUT2D eigenvalue weighted by atomic mass is 16.2. The highest BCUT2D eigenvalue weighted by Crippen LogP contribution is 2.30. The summed E-state index contributed by atoms with van der Waals surface area (Å²) in [4.78, 5) is 12.0. The number of carbonyl (C=O) groups excluding carboxylic acids is 1. The van der Waals surface area contributed by atoms with Crippen LogP contribution in [0.4, 0.5) is 0 Å². The van der Waals surface area contributed by atoms with E-state index in [9.17, 15) is 4.79 Å². The number of unbranched alkanes of at least 4 members (excludes halogenated alkanes) is 1. The van der Waals surface area contributed by atoms with Crippen molar-refractivity contribution in [2.45, 2.75) is 71.4 Å². The number of nitrogens with two attached hydrogens (primary N) is 1. The van der Waals surface area contributed by atoms with E-state index in [4.69, 9.17) is 5.73 Å². The topological polar surface area (TPSA) is 55.1 Å². The molecule has 0 aromatic carbocycles. The van der Waals surface area contributed by atoms with Gasteiger partial charge in [0.1, 0.15) is 0 Å². The molecule has 0 aliphatic heterocycles.